The molecule has 1 aromatic rings. The van der Waals surface area contributed by atoms with Crippen molar-refractivity contribution in [1.82, 2.24) is 0 Å². The largest absolute Gasteiger partial charge is 0.323 e. The van der Waals surface area contributed by atoms with E-state index in [1.807, 2.05) is 18.3 Å². The van der Waals surface area contributed by atoms with Crippen LogP contribution in [0.2, 0.25) is 5.02 Å². The summed E-state index contributed by atoms with van der Waals surface area (Å²) in [5.41, 5.74) is 7.23. The van der Waals surface area contributed by atoms with Crippen LogP contribution in [0.1, 0.15) is 41.1 Å². The molecule has 1 heterocycles. The fourth-order valence-corrected chi connectivity index (χ4v) is 3.63. The molecule has 3 heteroatoms. The Morgan fingerprint density at radius 1 is 1.38 bits per heavy atom. The summed E-state index contributed by atoms with van der Waals surface area (Å²) < 4.78 is 0. The molecule has 1 unspecified atom stereocenters. The van der Waals surface area contributed by atoms with E-state index in [4.69, 9.17) is 17.3 Å². The smallest absolute Gasteiger partial charge is 0.0595 e. The fourth-order valence-electron chi connectivity index (χ4n) is 1.84. The van der Waals surface area contributed by atoms with E-state index in [1.165, 1.54) is 34.6 Å². The van der Waals surface area contributed by atoms with Gasteiger partial charge in [0.15, 0.2) is 0 Å². The van der Waals surface area contributed by atoms with E-state index < -0.39 is 0 Å². The van der Waals surface area contributed by atoms with Crippen molar-refractivity contribution < 1.29 is 0 Å². The molecule has 0 fully saturated rings. The van der Waals surface area contributed by atoms with E-state index in [1.54, 1.807) is 0 Å². The van der Waals surface area contributed by atoms with Crippen molar-refractivity contribution in [2.45, 2.75) is 38.6 Å². The number of hydrogen-bond donors (Lipinski definition) is 1. The zero-order chi connectivity index (χ0) is 9.42. The Hall–Kier alpha value is -0.0500. The molecule has 72 valence electrons. The van der Waals surface area contributed by atoms with Gasteiger partial charge in [-0.05, 0) is 38.2 Å². The molecule has 0 aliphatic heterocycles. The Labute approximate surface area is 87.9 Å². The van der Waals surface area contributed by atoms with Gasteiger partial charge in [0.1, 0.15) is 0 Å². The van der Waals surface area contributed by atoms with Gasteiger partial charge in [-0.1, -0.05) is 11.6 Å². The average molecular weight is 216 g/mol. The van der Waals surface area contributed by atoms with Gasteiger partial charge < -0.3 is 5.73 Å². The van der Waals surface area contributed by atoms with Crippen molar-refractivity contribution in [3.63, 3.8) is 0 Å². The van der Waals surface area contributed by atoms with Crippen LogP contribution in [0.4, 0.5) is 0 Å². The number of fused-ring (bicyclic) bond motifs is 1. The third-order valence-electron chi connectivity index (χ3n) is 2.55. The average Bonchev–Trinajstić information content (AvgIpc) is 2.45. The summed E-state index contributed by atoms with van der Waals surface area (Å²) in [6, 6.07) is 0.0862. The van der Waals surface area contributed by atoms with Crippen LogP contribution < -0.4 is 5.73 Å². The Morgan fingerprint density at radius 2 is 2.08 bits per heavy atom. The van der Waals surface area contributed by atoms with Crippen molar-refractivity contribution in [2.24, 2.45) is 5.73 Å². The summed E-state index contributed by atoms with van der Waals surface area (Å²) in [4.78, 5) is 2.65. The molecule has 13 heavy (non-hydrogen) atoms. The second-order valence-corrected chi connectivity index (χ2v) is 5.19. The van der Waals surface area contributed by atoms with E-state index in [0.717, 1.165) is 11.4 Å². The Kier molecular flexibility index (Phi) is 2.63. The molecule has 0 aromatic carbocycles. The topological polar surface area (TPSA) is 26.0 Å². The molecule has 1 nitrogen and oxygen atoms in total. The van der Waals surface area contributed by atoms with E-state index in [2.05, 4.69) is 0 Å². The minimum absolute atomic E-state index is 0.0862. The van der Waals surface area contributed by atoms with Gasteiger partial charge in [-0.3, -0.25) is 0 Å². The van der Waals surface area contributed by atoms with Crippen LogP contribution in [-0.2, 0) is 12.8 Å². The molecule has 1 aliphatic carbocycles. The van der Waals surface area contributed by atoms with Gasteiger partial charge in [0, 0.05) is 15.8 Å². The van der Waals surface area contributed by atoms with Crippen LogP contribution in [0.25, 0.3) is 0 Å². The first-order valence-electron chi connectivity index (χ1n) is 4.75. The van der Waals surface area contributed by atoms with Crippen molar-refractivity contribution >= 4 is 22.9 Å². The lowest BCUT2D eigenvalue weighted by atomic mass is 9.99. The maximum absolute atomic E-state index is 6.27. The normalized spacial score (nSPS) is 18.4. The number of thiophene rings is 1. The van der Waals surface area contributed by atoms with Gasteiger partial charge in [-0.25, -0.2) is 0 Å². The predicted molar refractivity (Wildman–Crippen MR) is 58.6 cm³/mol. The summed E-state index contributed by atoms with van der Waals surface area (Å²) in [5.74, 6) is 0. The lowest BCUT2D eigenvalue weighted by Crippen LogP contribution is -2.03. The maximum atomic E-state index is 6.27. The van der Waals surface area contributed by atoms with Gasteiger partial charge >= 0.3 is 0 Å². The molecule has 0 saturated carbocycles. The Bertz CT molecular complexity index is 317. The van der Waals surface area contributed by atoms with Crippen molar-refractivity contribution in [2.75, 3.05) is 0 Å². The summed E-state index contributed by atoms with van der Waals surface area (Å²) in [5, 5.41) is 0.953. The number of aryl methyl sites for hydroxylation is 1. The quantitative estimate of drug-likeness (QED) is 0.765. The van der Waals surface area contributed by atoms with Crippen LogP contribution in [0.5, 0.6) is 0 Å². The summed E-state index contributed by atoms with van der Waals surface area (Å²) in [6.45, 7) is 2.00. The molecular formula is C10H14ClNS. The minimum Gasteiger partial charge on any atom is -0.323 e. The van der Waals surface area contributed by atoms with Gasteiger partial charge in [0.05, 0.1) is 5.02 Å². The Morgan fingerprint density at radius 3 is 2.69 bits per heavy atom. The minimum atomic E-state index is 0.0862. The molecule has 0 amide bonds. The molecule has 0 bridgehead atoms. The van der Waals surface area contributed by atoms with Gasteiger partial charge in [-0.2, -0.15) is 0 Å². The number of rotatable bonds is 1. The molecule has 2 rings (SSSR count). The highest BCUT2D eigenvalue weighted by atomic mass is 35.5. The number of halogens is 1. The van der Waals surface area contributed by atoms with Crippen LogP contribution in [0, 0.1) is 0 Å². The van der Waals surface area contributed by atoms with Gasteiger partial charge in [0.25, 0.3) is 0 Å². The molecule has 0 saturated heterocycles. The first-order chi connectivity index (χ1) is 6.20. The first kappa shape index (κ1) is 9.50. The van der Waals surface area contributed by atoms with Crippen molar-refractivity contribution in [1.29, 1.82) is 0 Å². The lowest BCUT2D eigenvalue weighted by molar-refractivity contribution is 0.696. The molecule has 1 aliphatic rings. The highest BCUT2D eigenvalue weighted by Gasteiger charge is 2.20. The van der Waals surface area contributed by atoms with Gasteiger partial charge in [-0.15, -0.1) is 11.3 Å². The molecule has 2 N–H and O–H groups in total. The zero-order valence-electron chi connectivity index (χ0n) is 7.77. The predicted octanol–water partition coefficient (Wildman–Crippen LogP) is 3.30. The van der Waals surface area contributed by atoms with E-state index in [-0.39, 0.29) is 6.04 Å². The lowest BCUT2D eigenvalue weighted by Gasteiger charge is -2.09. The maximum Gasteiger partial charge on any atom is 0.0595 e. The molecule has 0 spiro atoms. The second-order valence-electron chi connectivity index (χ2n) is 3.68. The first-order valence-corrected chi connectivity index (χ1v) is 5.95. The van der Waals surface area contributed by atoms with Crippen LogP contribution in [0.3, 0.4) is 0 Å². The third kappa shape index (κ3) is 1.63. The van der Waals surface area contributed by atoms with Crippen LogP contribution in [-0.4, -0.2) is 0 Å². The van der Waals surface area contributed by atoms with Crippen LogP contribution >= 0.6 is 22.9 Å². The van der Waals surface area contributed by atoms with Gasteiger partial charge in [0.2, 0.25) is 0 Å². The van der Waals surface area contributed by atoms with Crippen molar-refractivity contribution in [3.8, 4) is 0 Å². The van der Waals surface area contributed by atoms with E-state index in [0.29, 0.717) is 0 Å². The number of nitrogens with two attached hydrogens (primary N) is 1. The standard InChI is InChI=1S/C10H14ClNS/c1-6(12)10-9(11)7-4-2-3-5-8(7)13-10/h6H,2-5,12H2,1H3. The molecule has 1 atom stereocenters. The van der Waals surface area contributed by atoms with E-state index >= 15 is 0 Å². The van der Waals surface area contributed by atoms with E-state index in [9.17, 15) is 0 Å². The second kappa shape index (κ2) is 3.60. The molecule has 0 radical (unpaired) electrons. The SMILES string of the molecule is CC(N)c1sc2c(c1Cl)CCCC2. The molecular weight excluding hydrogens is 202 g/mol. The highest BCUT2D eigenvalue weighted by molar-refractivity contribution is 7.13. The Balaban J connectivity index is 2.44. The molecule has 1 aromatic heterocycles. The van der Waals surface area contributed by atoms with Crippen LogP contribution in [0.15, 0.2) is 0 Å². The summed E-state index contributed by atoms with van der Waals surface area (Å²) >= 11 is 8.08. The zero-order valence-corrected chi connectivity index (χ0v) is 9.34. The van der Waals surface area contributed by atoms with Crippen molar-refractivity contribution in [3.05, 3.63) is 20.3 Å². The summed E-state index contributed by atoms with van der Waals surface area (Å²) in [7, 11) is 0. The monoisotopic (exact) mass is 215 g/mol. The summed E-state index contributed by atoms with van der Waals surface area (Å²) in [6.07, 6.45) is 4.94. The highest BCUT2D eigenvalue weighted by Crippen LogP contribution is 2.39. The third-order valence-corrected chi connectivity index (χ3v) is 4.58. The number of hydrogen-bond acceptors (Lipinski definition) is 2. The fraction of sp³-hybridized carbons (Fsp3) is 0.600.